The molecule has 1 aliphatic heterocycles. The highest BCUT2D eigenvalue weighted by atomic mass is 16.5. The van der Waals surface area contributed by atoms with Crippen LogP contribution in [0.3, 0.4) is 0 Å². The number of benzene rings is 9. The van der Waals surface area contributed by atoms with Crippen molar-refractivity contribution in [3.8, 4) is 33.8 Å². The highest BCUT2D eigenvalue weighted by Crippen LogP contribution is 2.50. The molecule has 10 rings (SSSR count). The van der Waals surface area contributed by atoms with Gasteiger partial charge in [0.15, 0.2) is 11.5 Å². The molecule has 0 unspecified atom stereocenters. The van der Waals surface area contributed by atoms with E-state index in [0.717, 1.165) is 28.6 Å². The molecular weight excluding hydrogens is 583 g/mol. The van der Waals surface area contributed by atoms with Gasteiger partial charge < -0.3 is 9.64 Å². The predicted molar refractivity (Wildman–Crippen MR) is 202 cm³/mol. The van der Waals surface area contributed by atoms with Crippen LogP contribution in [-0.2, 0) is 0 Å². The lowest BCUT2D eigenvalue weighted by Crippen LogP contribution is -2.15. The Bertz CT molecular complexity index is 2660. The van der Waals surface area contributed by atoms with Gasteiger partial charge in [-0.25, -0.2) is 0 Å². The van der Waals surface area contributed by atoms with Crippen LogP contribution in [0.1, 0.15) is 0 Å². The van der Waals surface area contributed by atoms with Gasteiger partial charge in [-0.3, -0.25) is 0 Å². The van der Waals surface area contributed by atoms with Crippen LogP contribution in [0.25, 0.3) is 65.3 Å². The Hall–Kier alpha value is -6.38. The molecule has 0 aromatic heterocycles. The van der Waals surface area contributed by atoms with E-state index in [0.29, 0.717) is 0 Å². The van der Waals surface area contributed by atoms with Crippen molar-refractivity contribution in [1.82, 2.24) is 0 Å². The van der Waals surface area contributed by atoms with E-state index >= 15 is 0 Å². The van der Waals surface area contributed by atoms with Gasteiger partial charge in [-0.15, -0.1) is 0 Å². The summed E-state index contributed by atoms with van der Waals surface area (Å²) in [5, 5.41) is 10.1. The monoisotopic (exact) mass is 611 g/mol. The SMILES string of the molecule is c1ccc2c(c1)Oc1ccccc1N2c1ccc(-c2cc3cc(-c4cccc5ccccc45)c4ccccc4c3c3ccccc23)cc1. The lowest BCUT2D eigenvalue weighted by atomic mass is 9.86. The van der Waals surface area contributed by atoms with Gasteiger partial charge in [0.1, 0.15) is 0 Å². The molecule has 0 saturated heterocycles. The minimum atomic E-state index is 0.857. The number of hydrogen-bond donors (Lipinski definition) is 0. The number of rotatable bonds is 3. The Labute approximate surface area is 278 Å². The van der Waals surface area contributed by atoms with E-state index in [-0.39, 0.29) is 0 Å². The third kappa shape index (κ3) is 4.06. The molecule has 224 valence electrons. The number of hydrogen-bond acceptors (Lipinski definition) is 2. The van der Waals surface area contributed by atoms with Gasteiger partial charge in [0.05, 0.1) is 11.4 Å². The quantitative estimate of drug-likeness (QED) is 0.184. The van der Waals surface area contributed by atoms with Crippen LogP contribution in [0.5, 0.6) is 11.5 Å². The van der Waals surface area contributed by atoms with E-state index in [1.165, 1.54) is 65.3 Å². The smallest absolute Gasteiger partial charge is 0.151 e. The maximum atomic E-state index is 6.27. The molecule has 9 aromatic carbocycles. The molecule has 0 atom stereocenters. The van der Waals surface area contributed by atoms with E-state index in [4.69, 9.17) is 4.74 Å². The fourth-order valence-electron chi connectivity index (χ4n) is 7.68. The molecule has 0 amide bonds. The highest BCUT2D eigenvalue weighted by molar-refractivity contribution is 6.26. The summed E-state index contributed by atoms with van der Waals surface area (Å²) in [5.41, 5.74) is 8.10. The number of ether oxygens (including phenoxy) is 1. The maximum absolute atomic E-state index is 6.27. The average molecular weight is 612 g/mol. The first-order valence-corrected chi connectivity index (χ1v) is 16.4. The summed E-state index contributed by atoms with van der Waals surface area (Å²) in [6.07, 6.45) is 0. The molecule has 9 aromatic rings. The first-order valence-electron chi connectivity index (χ1n) is 16.4. The zero-order valence-corrected chi connectivity index (χ0v) is 26.1. The second-order valence-electron chi connectivity index (χ2n) is 12.5. The second-order valence-corrected chi connectivity index (χ2v) is 12.5. The molecule has 0 bridgehead atoms. The van der Waals surface area contributed by atoms with Gasteiger partial charge in [-0.2, -0.15) is 0 Å². The van der Waals surface area contributed by atoms with E-state index in [1.807, 2.05) is 24.3 Å². The first kappa shape index (κ1) is 26.8. The molecule has 0 fully saturated rings. The average Bonchev–Trinajstić information content (AvgIpc) is 3.16. The second kappa shape index (κ2) is 10.6. The summed E-state index contributed by atoms with van der Waals surface area (Å²) in [7, 11) is 0. The van der Waals surface area contributed by atoms with Crippen molar-refractivity contribution in [2.75, 3.05) is 4.90 Å². The van der Waals surface area contributed by atoms with Crippen LogP contribution in [0.15, 0.2) is 176 Å². The normalized spacial score (nSPS) is 12.3. The summed E-state index contributed by atoms with van der Waals surface area (Å²) in [5.74, 6) is 1.71. The van der Waals surface area contributed by atoms with Crippen molar-refractivity contribution in [2.24, 2.45) is 0 Å². The van der Waals surface area contributed by atoms with E-state index in [9.17, 15) is 0 Å². The number of para-hydroxylation sites is 4. The Balaban J connectivity index is 1.18. The van der Waals surface area contributed by atoms with Crippen LogP contribution in [0, 0.1) is 0 Å². The zero-order valence-electron chi connectivity index (χ0n) is 26.1. The minimum Gasteiger partial charge on any atom is -0.453 e. The van der Waals surface area contributed by atoms with Gasteiger partial charge in [0, 0.05) is 5.69 Å². The molecule has 0 spiro atoms. The van der Waals surface area contributed by atoms with Crippen LogP contribution in [-0.4, -0.2) is 0 Å². The molecule has 1 heterocycles. The van der Waals surface area contributed by atoms with Gasteiger partial charge in [0.25, 0.3) is 0 Å². The van der Waals surface area contributed by atoms with Gasteiger partial charge >= 0.3 is 0 Å². The standard InChI is InChI=1S/C46H29NO/c1-2-14-34-30(12-1)13-11-19-35(34)41-29-32-28-40(36-15-3-5-17-38(36)46(32)39-18-6-4-16-37(39)41)31-24-26-33(27-25-31)47-42-20-7-9-22-44(42)48-45-23-10-8-21-43(45)47/h1-29H. The highest BCUT2D eigenvalue weighted by Gasteiger charge is 2.25. The Morgan fingerprint density at radius 3 is 1.56 bits per heavy atom. The number of nitrogens with zero attached hydrogens (tertiary/aromatic N) is 1. The molecule has 0 aliphatic carbocycles. The summed E-state index contributed by atoms with van der Waals surface area (Å²) in [4.78, 5) is 2.29. The van der Waals surface area contributed by atoms with Crippen molar-refractivity contribution < 1.29 is 4.74 Å². The van der Waals surface area contributed by atoms with E-state index < -0.39 is 0 Å². The van der Waals surface area contributed by atoms with Crippen molar-refractivity contribution in [3.63, 3.8) is 0 Å². The summed E-state index contributed by atoms with van der Waals surface area (Å²) in [6, 6.07) is 63.3. The number of anilines is 3. The third-order valence-corrected chi connectivity index (χ3v) is 9.81. The molecular formula is C46H29NO. The summed E-state index contributed by atoms with van der Waals surface area (Å²) >= 11 is 0. The van der Waals surface area contributed by atoms with Crippen LogP contribution in [0.2, 0.25) is 0 Å². The van der Waals surface area contributed by atoms with Crippen molar-refractivity contribution >= 4 is 60.2 Å². The zero-order chi connectivity index (χ0) is 31.6. The third-order valence-electron chi connectivity index (χ3n) is 9.81. The van der Waals surface area contributed by atoms with Crippen LogP contribution < -0.4 is 9.64 Å². The Morgan fingerprint density at radius 1 is 0.354 bits per heavy atom. The number of fused-ring (bicyclic) bond motifs is 8. The molecule has 48 heavy (non-hydrogen) atoms. The van der Waals surface area contributed by atoms with E-state index in [2.05, 4.69) is 157 Å². The van der Waals surface area contributed by atoms with Gasteiger partial charge in [-0.05, 0) is 114 Å². The Morgan fingerprint density at radius 2 is 0.875 bits per heavy atom. The molecule has 2 heteroatoms. The summed E-state index contributed by atoms with van der Waals surface area (Å²) < 4.78 is 6.27. The largest absolute Gasteiger partial charge is 0.453 e. The van der Waals surface area contributed by atoms with Crippen LogP contribution in [0.4, 0.5) is 17.1 Å². The molecule has 0 N–H and O–H groups in total. The molecule has 0 saturated carbocycles. The maximum Gasteiger partial charge on any atom is 0.151 e. The van der Waals surface area contributed by atoms with Gasteiger partial charge in [0.2, 0.25) is 0 Å². The van der Waals surface area contributed by atoms with Gasteiger partial charge in [-0.1, -0.05) is 127 Å². The van der Waals surface area contributed by atoms with Crippen molar-refractivity contribution in [2.45, 2.75) is 0 Å². The minimum absolute atomic E-state index is 0.857. The first-order chi connectivity index (χ1) is 23.8. The molecule has 1 aliphatic rings. The fourth-order valence-corrected chi connectivity index (χ4v) is 7.68. The summed E-state index contributed by atoms with van der Waals surface area (Å²) in [6.45, 7) is 0. The van der Waals surface area contributed by atoms with Crippen LogP contribution >= 0.6 is 0 Å². The Kier molecular flexibility index (Phi) is 5.91. The van der Waals surface area contributed by atoms with Crippen molar-refractivity contribution in [3.05, 3.63) is 176 Å². The van der Waals surface area contributed by atoms with Crippen molar-refractivity contribution in [1.29, 1.82) is 0 Å². The van der Waals surface area contributed by atoms with E-state index in [1.54, 1.807) is 0 Å². The topological polar surface area (TPSA) is 12.5 Å². The predicted octanol–water partition coefficient (Wildman–Crippen LogP) is 13.2. The molecule has 0 radical (unpaired) electrons. The fraction of sp³-hybridized carbons (Fsp3) is 0. The lowest BCUT2D eigenvalue weighted by molar-refractivity contribution is 0.477. The molecule has 2 nitrogen and oxygen atoms in total. The lowest BCUT2D eigenvalue weighted by Gasteiger charge is -2.32.